The van der Waals surface area contributed by atoms with Crippen LogP contribution < -0.4 is 10.1 Å². The van der Waals surface area contributed by atoms with Gasteiger partial charge in [-0.25, -0.2) is 4.98 Å². The van der Waals surface area contributed by atoms with E-state index in [1.807, 2.05) is 42.5 Å². The minimum absolute atomic E-state index is 0.151. The predicted molar refractivity (Wildman–Crippen MR) is 97.0 cm³/mol. The Morgan fingerprint density at radius 3 is 2.91 bits per heavy atom. The van der Waals surface area contributed by atoms with Crippen molar-refractivity contribution in [3.63, 3.8) is 0 Å². The summed E-state index contributed by atoms with van der Waals surface area (Å²) in [4.78, 5) is 18.0. The fourth-order valence-electron chi connectivity index (χ4n) is 2.20. The highest BCUT2D eigenvalue weighted by Gasteiger charge is 2.12. The molecular formula is C17H16N2O2S2. The van der Waals surface area contributed by atoms with Gasteiger partial charge in [0, 0.05) is 10.5 Å². The second-order valence-corrected chi connectivity index (χ2v) is 7.11. The highest BCUT2D eigenvalue weighted by Crippen LogP contribution is 2.32. The number of rotatable bonds is 5. The summed E-state index contributed by atoms with van der Waals surface area (Å²) in [5.41, 5.74) is 1.40. The number of fused-ring (bicyclic) bond motifs is 1. The third-order valence-electron chi connectivity index (χ3n) is 3.23. The SMILES string of the molecule is CCSc1cccc(C(=O)Nc2nc3c(OC)cccc3s2)c1. The van der Waals surface area contributed by atoms with E-state index in [1.54, 1.807) is 18.9 Å². The molecule has 6 heteroatoms. The first-order valence-corrected chi connectivity index (χ1v) is 8.99. The lowest BCUT2D eigenvalue weighted by Gasteiger charge is -2.04. The van der Waals surface area contributed by atoms with E-state index in [9.17, 15) is 4.79 Å². The van der Waals surface area contributed by atoms with E-state index >= 15 is 0 Å². The molecule has 1 heterocycles. The first-order valence-electron chi connectivity index (χ1n) is 7.19. The Kier molecular flexibility index (Phi) is 4.83. The summed E-state index contributed by atoms with van der Waals surface area (Å²) in [6.45, 7) is 2.09. The van der Waals surface area contributed by atoms with Crippen LogP contribution in [0.15, 0.2) is 47.4 Å². The Labute approximate surface area is 142 Å². The molecule has 0 aliphatic rings. The lowest BCUT2D eigenvalue weighted by Crippen LogP contribution is -2.11. The van der Waals surface area contributed by atoms with Crippen molar-refractivity contribution in [3.05, 3.63) is 48.0 Å². The average Bonchev–Trinajstić information content (AvgIpc) is 2.97. The number of carbonyl (C=O) groups is 1. The molecule has 3 rings (SSSR count). The van der Waals surface area contributed by atoms with Gasteiger partial charge < -0.3 is 4.74 Å². The lowest BCUT2D eigenvalue weighted by molar-refractivity contribution is 0.102. The van der Waals surface area contributed by atoms with Gasteiger partial charge in [0.05, 0.1) is 11.8 Å². The van der Waals surface area contributed by atoms with Crippen LogP contribution in [0.1, 0.15) is 17.3 Å². The Morgan fingerprint density at radius 2 is 2.13 bits per heavy atom. The molecule has 0 fully saturated rings. The molecule has 0 unspecified atom stereocenters. The highest BCUT2D eigenvalue weighted by atomic mass is 32.2. The van der Waals surface area contributed by atoms with Crippen LogP contribution >= 0.6 is 23.1 Å². The molecule has 3 aromatic rings. The van der Waals surface area contributed by atoms with E-state index in [-0.39, 0.29) is 5.91 Å². The number of anilines is 1. The van der Waals surface area contributed by atoms with Gasteiger partial charge >= 0.3 is 0 Å². The fraction of sp³-hybridized carbons (Fsp3) is 0.176. The van der Waals surface area contributed by atoms with Crippen molar-refractivity contribution in [2.45, 2.75) is 11.8 Å². The maximum Gasteiger partial charge on any atom is 0.257 e. The van der Waals surface area contributed by atoms with Crippen molar-refractivity contribution < 1.29 is 9.53 Å². The summed E-state index contributed by atoms with van der Waals surface area (Å²) in [5.74, 6) is 1.53. The highest BCUT2D eigenvalue weighted by molar-refractivity contribution is 7.99. The number of thiazole rings is 1. The van der Waals surface area contributed by atoms with Gasteiger partial charge in [-0.2, -0.15) is 0 Å². The molecule has 0 aliphatic carbocycles. The molecule has 0 saturated carbocycles. The Hall–Kier alpha value is -2.05. The van der Waals surface area contributed by atoms with Crippen LogP contribution in [0.4, 0.5) is 5.13 Å². The monoisotopic (exact) mass is 344 g/mol. The molecule has 0 spiro atoms. The summed E-state index contributed by atoms with van der Waals surface area (Å²) in [6, 6.07) is 13.3. The van der Waals surface area contributed by atoms with Gasteiger partial charge in [0.25, 0.3) is 5.91 Å². The van der Waals surface area contributed by atoms with Gasteiger partial charge in [0.2, 0.25) is 0 Å². The van der Waals surface area contributed by atoms with Crippen LogP contribution in [0.5, 0.6) is 5.75 Å². The summed E-state index contributed by atoms with van der Waals surface area (Å²) in [5, 5.41) is 3.44. The Balaban J connectivity index is 1.84. The summed E-state index contributed by atoms with van der Waals surface area (Å²) in [7, 11) is 1.61. The number of benzene rings is 2. The van der Waals surface area contributed by atoms with Crippen molar-refractivity contribution in [2.24, 2.45) is 0 Å². The Morgan fingerprint density at radius 1 is 1.30 bits per heavy atom. The van der Waals surface area contributed by atoms with Gasteiger partial charge in [-0.1, -0.05) is 30.4 Å². The molecule has 1 aromatic heterocycles. The van der Waals surface area contributed by atoms with E-state index in [4.69, 9.17) is 4.74 Å². The fourth-order valence-corrected chi connectivity index (χ4v) is 3.80. The molecule has 0 bridgehead atoms. The number of nitrogens with zero attached hydrogens (tertiary/aromatic N) is 1. The number of ether oxygens (including phenoxy) is 1. The van der Waals surface area contributed by atoms with Crippen LogP contribution in [0.3, 0.4) is 0 Å². The van der Waals surface area contributed by atoms with Crippen LogP contribution in [0, 0.1) is 0 Å². The molecule has 0 atom stereocenters. The van der Waals surface area contributed by atoms with E-state index in [0.717, 1.165) is 20.9 Å². The van der Waals surface area contributed by atoms with Crippen molar-refractivity contribution in [1.29, 1.82) is 0 Å². The first-order chi connectivity index (χ1) is 11.2. The number of nitrogens with one attached hydrogen (secondary N) is 1. The Bertz CT molecular complexity index is 845. The number of methoxy groups -OCH3 is 1. The molecule has 0 saturated heterocycles. The number of para-hydroxylation sites is 1. The maximum atomic E-state index is 12.4. The van der Waals surface area contributed by atoms with Gasteiger partial charge in [-0.15, -0.1) is 11.8 Å². The van der Waals surface area contributed by atoms with Gasteiger partial charge in [-0.3, -0.25) is 10.1 Å². The van der Waals surface area contributed by atoms with Crippen LogP contribution in [-0.4, -0.2) is 23.8 Å². The van der Waals surface area contributed by atoms with E-state index in [1.165, 1.54) is 11.3 Å². The zero-order valence-electron chi connectivity index (χ0n) is 12.8. The average molecular weight is 344 g/mol. The van der Waals surface area contributed by atoms with Crippen molar-refractivity contribution in [1.82, 2.24) is 4.98 Å². The normalized spacial score (nSPS) is 10.7. The molecule has 4 nitrogen and oxygen atoms in total. The molecule has 23 heavy (non-hydrogen) atoms. The quantitative estimate of drug-likeness (QED) is 0.683. The third-order valence-corrected chi connectivity index (χ3v) is 5.04. The van der Waals surface area contributed by atoms with Gasteiger partial charge in [0.15, 0.2) is 5.13 Å². The second-order valence-electron chi connectivity index (χ2n) is 4.74. The number of hydrogen-bond acceptors (Lipinski definition) is 5. The molecule has 0 aliphatic heterocycles. The zero-order chi connectivity index (χ0) is 16.2. The van der Waals surface area contributed by atoms with E-state index < -0.39 is 0 Å². The van der Waals surface area contributed by atoms with Crippen LogP contribution in [-0.2, 0) is 0 Å². The van der Waals surface area contributed by atoms with Crippen LogP contribution in [0.25, 0.3) is 10.2 Å². The summed E-state index contributed by atoms with van der Waals surface area (Å²) < 4.78 is 6.28. The lowest BCUT2D eigenvalue weighted by atomic mass is 10.2. The number of thioether (sulfide) groups is 1. The summed E-state index contributed by atoms with van der Waals surface area (Å²) >= 11 is 3.15. The van der Waals surface area contributed by atoms with Crippen molar-refractivity contribution in [2.75, 3.05) is 18.2 Å². The third kappa shape index (κ3) is 3.48. The number of carbonyl (C=O) groups excluding carboxylic acids is 1. The number of aromatic nitrogens is 1. The maximum absolute atomic E-state index is 12.4. The van der Waals surface area contributed by atoms with E-state index in [0.29, 0.717) is 16.4 Å². The predicted octanol–water partition coefficient (Wildman–Crippen LogP) is 4.67. The standard InChI is InChI=1S/C17H16N2O2S2/c1-3-22-12-7-4-6-11(10-12)16(20)19-17-18-15-13(21-2)8-5-9-14(15)23-17/h4-10H,3H2,1-2H3,(H,18,19,20). The minimum Gasteiger partial charge on any atom is -0.494 e. The smallest absolute Gasteiger partial charge is 0.257 e. The molecule has 0 radical (unpaired) electrons. The van der Waals surface area contributed by atoms with Gasteiger partial charge in [-0.05, 0) is 36.1 Å². The van der Waals surface area contributed by atoms with Crippen molar-refractivity contribution >= 4 is 44.4 Å². The molecule has 2 aromatic carbocycles. The minimum atomic E-state index is -0.151. The van der Waals surface area contributed by atoms with Crippen LogP contribution in [0.2, 0.25) is 0 Å². The van der Waals surface area contributed by atoms with E-state index in [2.05, 4.69) is 17.2 Å². The number of hydrogen-bond donors (Lipinski definition) is 1. The molecule has 1 N–H and O–H groups in total. The molecule has 1 amide bonds. The number of amides is 1. The summed E-state index contributed by atoms with van der Waals surface area (Å²) in [6.07, 6.45) is 0. The largest absolute Gasteiger partial charge is 0.494 e. The second kappa shape index (κ2) is 7.02. The topological polar surface area (TPSA) is 51.2 Å². The van der Waals surface area contributed by atoms with Crippen molar-refractivity contribution in [3.8, 4) is 5.75 Å². The first kappa shape index (κ1) is 15.8. The van der Waals surface area contributed by atoms with Gasteiger partial charge in [0.1, 0.15) is 11.3 Å². The molecular weight excluding hydrogens is 328 g/mol. The zero-order valence-corrected chi connectivity index (χ0v) is 14.5. The molecule has 118 valence electrons.